The van der Waals surface area contributed by atoms with Crippen LogP contribution in [0.1, 0.15) is 50.1 Å². The van der Waals surface area contributed by atoms with Crippen LogP contribution in [-0.4, -0.2) is 15.6 Å². The molecule has 0 radical (unpaired) electrons. The summed E-state index contributed by atoms with van der Waals surface area (Å²) < 4.78 is 2.09. The minimum Gasteiger partial charge on any atom is -0.387 e. The summed E-state index contributed by atoms with van der Waals surface area (Å²) in [6.07, 6.45) is 3.11. The summed E-state index contributed by atoms with van der Waals surface area (Å²) in [5.74, 6) is 0.282. The van der Waals surface area contributed by atoms with E-state index in [4.69, 9.17) is 11.1 Å². The topological polar surface area (TPSA) is 67.7 Å². The lowest BCUT2D eigenvalue weighted by Gasteiger charge is -2.22. The molecule has 0 aliphatic heterocycles. The lowest BCUT2D eigenvalue weighted by molar-refractivity contribution is 0.422. The van der Waals surface area contributed by atoms with Gasteiger partial charge in [0.25, 0.3) is 0 Å². The summed E-state index contributed by atoms with van der Waals surface area (Å²) in [4.78, 5) is 0. The van der Waals surface area contributed by atoms with Crippen molar-refractivity contribution in [3.63, 3.8) is 0 Å². The van der Waals surface area contributed by atoms with Crippen LogP contribution in [0, 0.1) is 31.6 Å². The van der Waals surface area contributed by atoms with Crippen LogP contribution in [0.4, 0.5) is 0 Å². The van der Waals surface area contributed by atoms with E-state index in [1.807, 2.05) is 13.8 Å². The van der Waals surface area contributed by atoms with Gasteiger partial charge in [-0.1, -0.05) is 20.3 Å². The van der Waals surface area contributed by atoms with Gasteiger partial charge in [-0.3, -0.25) is 10.1 Å². The largest absolute Gasteiger partial charge is 0.387 e. The number of rotatable bonds is 6. The standard InChI is InChI=1S/C14H26N4/c1-10-11(2)17-18(12(10)3)9-7-6-8-14(4,5)13(15)16/h6-9H2,1-5H3,(H3,15,16). The third kappa shape index (κ3) is 3.34. The maximum atomic E-state index is 7.52. The van der Waals surface area contributed by atoms with Gasteiger partial charge < -0.3 is 5.73 Å². The van der Waals surface area contributed by atoms with Crippen LogP contribution in [-0.2, 0) is 6.54 Å². The Morgan fingerprint density at radius 3 is 2.33 bits per heavy atom. The van der Waals surface area contributed by atoms with Crippen molar-refractivity contribution in [2.75, 3.05) is 0 Å². The lowest BCUT2D eigenvalue weighted by atomic mass is 9.86. The number of nitrogens with two attached hydrogens (primary N) is 1. The van der Waals surface area contributed by atoms with Gasteiger partial charge in [0.15, 0.2) is 0 Å². The normalized spacial score (nSPS) is 11.8. The predicted molar refractivity (Wildman–Crippen MR) is 76.0 cm³/mol. The van der Waals surface area contributed by atoms with Gasteiger partial charge in [-0.2, -0.15) is 5.10 Å². The van der Waals surface area contributed by atoms with Crippen molar-refractivity contribution < 1.29 is 0 Å². The second kappa shape index (κ2) is 5.55. The highest BCUT2D eigenvalue weighted by Crippen LogP contribution is 2.23. The lowest BCUT2D eigenvalue weighted by Crippen LogP contribution is -2.30. The number of aryl methyl sites for hydroxylation is 2. The first-order valence-corrected chi connectivity index (χ1v) is 6.61. The van der Waals surface area contributed by atoms with E-state index in [9.17, 15) is 0 Å². The molecule has 18 heavy (non-hydrogen) atoms. The van der Waals surface area contributed by atoms with Crippen LogP contribution in [0.5, 0.6) is 0 Å². The zero-order valence-electron chi connectivity index (χ0n) is 12.3. The van der Waals surface area contributed by atoms with Crippen molar-refractivity contribution in [1.29, 1.82) is 5.41 Å². The zero-order chi connectivity index (χ0) is 13.9. The van der Waals surface area contributed by atoms with Gasteiger partial charge in [0.05, 0.1) is 11.5 Å². The molecular formula is C14H26N4. The number of nitrogens with zero attached hydrogens (tertiary/aromatic N) is 2. The fourth-order valence-corrected chi connectivity index (χ4v) is 1.97. The first-order chi connectivity index (χ1) is 8.25. The Morgan fingerprint density at radius 1 is 1.28 bits per heavy atom. The van der Waals surface area contributed by atoms with Gasteiger partial charge >= 0.3 is 0 Å². The molecule has 102 valence electrons. The van der Waals surface area contributed by atoms with Crippen LogP contribution in [0.2, 0.25) is 0 Å². The van der Waals surface area contributed by atoms with Crippen LogP contribution in [0.3, 0.4) is 0 Å². The van der Waals surface area contributed by atoms with E-state index in [-0.39, 0.29) is 11.3 Å². The third-order valence-corrected chi connectivity index (χ3v) is 3.89. The van der Waals surface area contributed by atoms with E-state index in [0.29, 0.717) is 0 Å². The molecule has 1 aromatic rings. The van der Waals surface area contributed by atoms with E-state index in [1.54, 1.807) is 0 Å². The van der Waals surface area contributed by atoms with E-state index >= 15 is 0 Å². The molecule has 3 N–H and O–H groups in total. The molecule has 0 saturated heterocycles. The molecule has 0 aromatic carbocycles. The van der Waals surface area contributed by atoms with Crippen molar-refractivity contribution >= 4 is 5.84 Å². The van der Waals surface area contributed by atoms with E-state index in [1.165, 1.54) is 11.3 Å². The first-order valence-electron chi connectivity index (χ1n) is 6.61. The summed E-state index contributed by atoms with van der Waals surface area (Å²) in [5.41, 5.74) is 9.08. The summed E-state index contributed by atoms with van der Waals surface area (Å²) in [7, 11) is 0. The highest BCUT2D eigenvalue weighted by molar-refractivity contribution is 5.82. The van der Waals surface area contributed by atoms with Crippen molar-refractivity contribution in [2.24, 2.45) is 11.1 Å². The van der Waals surface area contributed by atoms with Crippen LogP contribution >= 0.6 is 0 Å². The van der Waals surface area contributed by atoms with E-state index in [0.717, 1.165) is 31.5 Å². The van der Waals surface area contributed by atoms with Gasteiger partial charge in [-0.15, -0.1) is 0 Å². The SMILES string of the molecule is Cc1nn(CCCCC(C)(C)C(=N)N)c(C)c1C. The van der Waals surface area contributed by atoms with Gasteiger partial charge in [0, 0.05) is 17.7 Å². The molecule has 0 fully saturated rings. The Labute approximate surface area is 110 Å². The van der Waals surface area contributed by atoms with Crippen LogP contribution < -0.4 is 5.73 Å². The zero-order valence-corrected chi connectivity index (χ0v) is 12.3. The van der Waals surface area contributed by atoms with Crippen LogP contribution in [0.25, 0.3) is 0 Å². The molecule has 1 rings (SSSR count). The Bertz CT molecular complexity index is 429. The number of aromatic nitrogens is 2. The maximum Gasteiger partial charge on any atom is 0.0963 e. The molecule has 0 spiro atoms. The minimum atomic E-state index is -0.176. The molecular weight excluding hydrogens is 224 g/mol. The van der Waals surface area contributed by atoms with E-state index < -0.39 is 0 Å². The van der Waals surface area contributed by atoms with Gasteiger partial charge in [0.2, 0.25) is 0 Å². The Hall–Kier alpha value is -1.32. The molecule has 1 aromatic heterocycles. The first kappa shape index (κ1) is 14.7. The average Bonchev–Trinajstić information content (AvgIpc) is 2.52. The molecule has 0 unspecified atom stereocenters. The maximum absolute atomic E-state index is 7.52. The Morgan fingerprint density at radius 2 is 1.89 bits per heavy atom. The quantitative estimate of drug-likeness (QED) is 0.463. The summed E-state index contributed by atoms with van der Waals surface area (Å²) in [6.45, 7) is 11.3. The van der Waals surface area contributed by atoms with Crippen molar-refractivity contribution in [1.82, 2.24) is 9.78 Å². The monoisotopic (exact) mass is 250 g/mol. The Kier molecular flexibility index (Phi) is 4.54. The fourth-order valence-electron chi connectivity index (χ4n) is 1.97. The molecule has 4 heteroatoms. The predicted octanol–water partition coefficient (Wildman–Crippen LogP) is 2.94. The molecule has 0 aliphatic rings. The van der Waals surface area contributed by atoms with Crippen molar-refractivity contribution in [3.8, 4) is 0 Å². The molecule has 0 atom stereocenters. The van der Waals surface area contributed by atoms with Crippen molar-refractivity contribution in [2.45, 2.75) is 60.4 Å². The minimum absolute atomic E-state index is 0.176. The van der Waals surface area contributed by atoms with E-state index in [2.05, 4.69) is 30.6 Å². The average molecular weight is 250 g/mol. The third-order valence-electron chi connectivity index (χ3n) is 3.89. The van der Waals surface area contributed by atoms with Gasteiger partial charge in [0.1, 0.15) is 0 Å². The fraction of sp³-hybridized carbons (Fsp3) is 0.714. The molecule has 1 heterocycles. The summed E-state index contributed by atoms with van der Waals surface area (Å²) >= 11 is 0. The molecule has 0 aliphatic carbocycles. The number of amidine groups is 1. The summed E-state index contributed by atoms with van der Waals surface area (Å²) in [6, 6.07) is 0. The summed E-state index contributed by atoms with van der Waals surface area (Å²) in [5, 5.41) is 12.1. The van der Waals surface area contributed by atoms with Crippen LogP contribution in [0.15, 0.2) is 0 Å². The second-order valence-corrected chi connectivity index (χ2v) is 5.77. The van der Waals surface area contributed by atoms with Gasteiger partial charge in [-0.25, -0.2) is 0 Å². The number of hydrogen-bond donors (Lipinski definition) is 2. The number of hydrogen-bond acceptors (Lipinski definition) is 2. The molecule has 4 nitrogen and oxygen atoms in total. The second-order valence-electron chi connectivity index (χ2n) is 5.77. The molecule has 0 bridgehead atoms. The number of nitrogens with one attached hydrogen (secondary N) is 1. The van der Waals surface area contributed by atoms with Crippen molar-refractivity contribution in [3.05, 3.63) is 17.0 Å². The highest BCUT2D eigenvalue weighted by atomic mass is 15.3. The highest BCUT2D eigenvalue weighted by Gasteiger charge is 2.20. The number of unbranched alkanes of at least 4 members (excludes halogenated alkanes) is 1. The van der Waals surface area contributed by atoms with Gasteiger partial charge in [-0.05, 0) is 39.2 Å². The molecule has 0 amide bonds. The molecule has 0 saturated carbocycles. The Balaban J connectivity index is 2.43. The smallest absolute Gasteiger partial charge is 0.0963 e.